The molecule has 1 fully saturated rings. The second-order valence-electron chi connectivity index (χ2n) is 6.04. The molecule has 0 aromatic carbocycles. The van der Waals surface area contributed by atoms with Crippen LogP contribution in [0.1, 0.15) is 40.0 Å². The molecule has 20 heavy (non-hydrogen) atoms. The van der Waals surface area contributed by atoms with Gasteiger partial charge in [0.2, 0.25) is 5.91 Å². The van der Waals surface area contributed by atoms with Crippen LogP contribution in [0.4, 0.5) is 0 Å². The van der Waals surface area contributed by atoms with Gasteiger partial charge in [-0.1, -0.05) is 0 Å². The molecule has 1 aliphatic heterocycles. The highest BCUT2D eigenvalue weighted by Crippen LogP contribution is 2.22. The minimum Gasteiger partial charge on any atom is -0.480 e. The van der Waals surface area contributed by atoms with Gasteiger partial charge in [0.1, 0.15) is 6.04 Å². The molecule has 1 aliphatic rings. The molecule has 0 aromatic heterocycles. The predicted octanol–water partition coefficient (Wildman–Crippen LogP) is 1.90. The van der Waals surface area contributed by atoms with Gasteiger partial charge in [0.05, 0.1) is 5.60 Å². The number of hydrogen-bond acceptors (Lipinski definition) is 4. The first-order valence-corrected chi connectivity index (χ1v) is 8.20. The van der Waals surface area contributed by atoms with Crippen LogP contribution in [-0.2, 0) is 14.3 Å². The van der Waals surface area contributed by atoms with Gasteiger partial charge in [0, 0.05) is 18.9 Å². The van der Waals surface area contributed by atoms with Gasteiger partial charge < -0.3 is 15.2 Å². The summed E-state index contributed by atoms with van der Waals surface area (Å²) in [5.74, 6) is 0.780. The lowest BCUT2D eigenvalue weighted by Crippen LogP contribution is -2.45. The SMILES string of the molecule is CC(C)(C)OCCC(NC(=O)C1CCSCC1)C(=O)O. The van der Waals surface area contributed by atoms with Crippen molar-refractivity contribution in [2.45, 2.75) is 51.7 Å². The largest absolute Gasteiger partial charge is 0.480 e. The lowest BCUT2D eigenvalue weighted by Gasteiger charge is -2.24. The number of carbonyl (C=O) groups excluding carboxylic acids is 1. The van der Waals surface area contributed by atoms with Crippen molar-refractivity contribution in [1.82, 2.24) is 5.32 Å². The minimum absolute atomic E-state index is 0.0402. The van der Waals surface area contributed by atoms with Crippen molar-refractivity contribution in [3.05, 3.63) is 0 Å². The smallest absolute Gasteiger partial charge is 0.326 e. The highest BCUT2D eigenvalue weighted by molar-refractivity contribution is 7.99. The molecule has 1 atom stereocenters. The van der Waals surface area contributed by atoms with Crippen molar-refractivity contribution in [3.8, 4) is 0 Å². The fourth-order valence-corrected chi connectivity index (χ4v) is 3.10. The lowest BCUT2D eigenvalue weighted by molar-refractivity contribution is -0.143. The van der Waals surface area contributed by atoms with Gasteiger partial charge in [-0.25, -0.2) is 4.79 Å². The van der Waals surface area contributed by atoms with Crippen LogP contribution in [0.15, 0.2) is 0 Å². The van der Waals surface area contributed by atoms with Gasteiger partial charge in [-0.05, 0) is 45.1 Å². The number of carboxylic acid groups (broad SMARTS) is 1. The Hall–Kier alpha value is -0.750. The molecule has 0 spiro atoms. The monoisotopic (exact) mass is 303 g/mol. The van der Waals surface area contributed by atoms with Gasteiger partial charge >= 0.3 is 5.97 Å². The number of amides is 1. The summed E-state index contributed by atoms with van der Waals surface area (Å²) in [6, 6.07) is -0.862. The minimum atomic E-state index is -0.999. The van der Waals surface area contributed by atoms with Crippen LogP contribution in [0.3, 0.4) is 0 Å². The van der Waals surface area contributed by atoms with E-state index in [1.807, 2.05) is 32.5 Å². The average Bonchev–Trinajstić information content (AvgIpc) is 2.37. The summed E-state index contributed by atoms with van der Waals surface area (Å²) < 4.78 is 5.52. The Bertz CT molecular complexity index is 335. The van der Waals surface area contributed by atoms with Crippen LogP contribution in [0.5, 0.6) is 0 Å². The molecule has 0 aromatic rings. The van der Waals surface area contributed by atoms with Crippen molar-refractivity contribution in [2.75, 3.05) is 18.1 Å². The summed E-state index contributed by atoms with van der Waals surface area (Å²) in [7, 11) is 0. The highest BCUT2D eigenvalue weighted by Gasteiger charge is 2.26. The maximum absolute atomic E-state index is 12.0. The van der Waals surface area contributed by atoms with Gasteiger partial charge in [-0.2, -0.15) is 11.8 Å². The van der Waals surface area contributed by atoms with Crippen LogP contribution >= 0.6 is 11.8 Å². The van der Waals surface area contributed by atoms with E-state index in [2.05, 4.69) is 5.32 Å². The zero-order valence-electron chi connectivity index (χ0n) is 12.5. The van der Waals surface area contributed by atoms with E-state index in [9.17, 15) is 14.7 Å². The first-order valence-electron chi connectivity index (χ1n) is 7.04. The van der Waals surface area contributed by atoms with E-state index in [0.717, 1.165) is 24.3 Å². The molecule has 1 heterocycles. The second-order valence-corrected chi connectivity index (χ2v) is 7.26. The summed E-state index contributed by atoms with van der Waals surface area (Å²) in [4.78, 5) is 23.2. The molecule has 0 bridgehead atoms. The molecule has 1 rings (SSSR count). The Balaban J connectivity index is 2.41. The van der Waals surface area contributed by atoms with E-state index in [4.69, 9.17) is 4.74 Å². The van der Waals surface area contributed by atoms with Gasteiger partial charge in [0.25, 0.3) is 0 Å². The number of nitrogens with one attached hydrogen (secondary N) is 1. The molecule has 5 nitrogen and oxygen atoms in total. The number of hydrogen-bond donors (Lipinski definition) is 2. The zero-order valence-corrected chi connectivity index (χ0v) is 13.3. The van der Waals surface area contributed by atoms with Gasteiger partial charge in [-0.15, -0.1) is 0 Å². The number of aliphatic carboxylic acids is 1. The maximum atomic E-state index is 12.0. The second kappa shape index (κ2) is 7.88. The number of carboxylic acids is 1. The Labute approximate surface area is 124 Å². The first-order chi connectivity index (χ1) is 9.29. The van der Waals surface area contributed by atoms with Crippen LogP contribution < -0.4 is 5.32 Å². The van der Waals surface area contributed by atoms with Gasteiger partial charge in [-0.3, -0.25) is 4.79 Å². The fraction of sp³-hybridized carbons (Fsp3) is 0.857. The Morgan fingerprint density at radius 2 is 1.95 bits per heavy atom. The highest BCUT2D eigenvalue weighted by atomic mass is 32.2. The molecule has 6 heteroatoms. The molecule has 1 unspecified atom stereocenters. The average molecular weight is 303 g/mol. The van der Waals surface area contributed by atoms with Crippen molar-refractivity contribution >= 4 is 23.6 Å². The van der Waals surface area contributed by atoms with E-state index in [1.165, 1.54) is 0 Å². The number of rotatable bonds is 6. The summed E-state index contributed by atoms with van der Waals surface area (Å²) in [6.07, 6.45) is 1.96. The third-order valence-corrected chi connectivity index (χ3v) is 4.20. The molecular weight excluding hydrogens is 278 g/mol. The molecule has 0 saturated carbocycles. The molecule has 0 radical (unpaired) electrons. The standard InChI is InChI=1S/C14H25NO4S/c1-14(2,3)19-7-4-11(13(17)18)15-12(16)10-5-8-20-9-6-10/h10-11H,4-9H2,1-3H3,(H,15,16)(H,17,18). The fourth-order valence-electron chi connectivity index (χ4n) is 1.99. The number of ether oxygens (including phenoxy) is 1. The third-order valence-electron chi connectivity index (χ3n) is 3.15. The van der Waals surface area contributed by atoms with Crippen LogP contribution in [0.25, 0.3) is 0 Å². The van der Waals surface area contributed by atoms with E-state index in [1.54, 1.807) is 0 Å². The summed E-state index contributed by atoms with van der Waals surface area (Å²) in [6.45, 7) is 6.07. The molecule has 2 N–H and O–H groups in total. The Morgan fingerprint density at radius 1 is 1.35 bits per heavy atom. The van der Waals surface area contributed by atoms with E-state index in [-0.39, 0.29) is 17.4 Å². The Kier molecular flexibility index (Phi) is 6.82. The first kappa shape index (κ1) is 17.3. The van der Waals surface area contributed by atoms with Crippen molar-refractivity contribution in [2.24, 2.45) is 5.92 Å². The topological polar surface area (TPSA) is 75.6 Å². The third kappa shape index (κ3) is 6.61. The Morgan fingerprint density at radius 3 is 2.45 bits per heavy atom. The zero-order chi connectivity index (χ0) is 15.2. The van der Waals surface area contributed by atoms with Crippen molar-refractivity contribution in [1.29, 1.82) is 0 Å². The van der Waals surface area contributed by atoms with Crippen LogP contribution in [0, 0.1) is 5.92 Å². The molecule has 1 amide bonds. The van der Waals surface area contributed by atoms with Crippen LogP contribution in [-0.4, -0.2) is 46.7 Å². The maximum Gasteiger partial charge on any atom is 0.326 e. The van der Waals surface area contributed by atoms with Crippen molar-refractivity contribution < 1.29 is 19.4 Å². The summed E-state index contributed by atoms with van der Waals surface area (Å²) in [5, 5.41) is 11.8. The molecular formula is C14H25NO4S. The molecule has 0 aliphatic carbocycles. The molecule has 116 valence electrons. The number of carbonyl (C=O) groups is 2. The van der Waals surface area contributed by atoms with E-state index in [0.29, 0.717) is 13.0 Å². The summed E-state index contributed by atoms with van der Waals surface area (Å²) in [5.41, 5.74) is -0.298. The quantitative estimate of drug-likeness (QED) is 0.784. The normalized spacial score (nSPS) is 18.6. The van der Waals surface area contributed by atoms with Crippen molar-refractivity contribution in [3.63, 3.8) is 0 Å². The lowest BCUT2D eigenvalue weighted by atomic mass is 10.0. The number of thioether (sulfide) groups is 1. The molecule has 1 saturated heterocycles. The van der Waals surface area contributed by atoms with Gasteiger partial charge in [0.15, 0.2) is 0 Å². The summed E-state index contributed by atoms with van der Waals surface area (Å²) >= 11 is 1.84. The van der Waals surface area contributed by atoms with E-state index < -0.39 is 12.0 Å². The van der Waals surface area contributed by atoms with Crippen LogP contribution in [0.2, 0.25) is 0 Å². The van der Waals surface area contributed by atoms with E-state index >= 15 is 0 Å². The predicted molar refractivity (Wildman–Crippen MR) is 79.9 cm³/mol.